The molecular weight excluding hydrogens is 454 g/mol. The molecule has 0 aliphatic carbocycles. The standard InChI is InChI=1S/C12H13F8NO7S/c1-3-21-8(23)10(12(18,19)20,28-7(22)6(2)11(15,16)17)27-5-4-9(13,14)29(24,25)26/h2-5H2,1H3,(H,21,23)(H,24,25,26). The molecule has 0 aromatic carbocycles. The number of hydrogen-bond donors (Lipinski definition) is 2. The molecule has 0 aromatic rings. The van der Waals surface area contributed by atoms with Crippen LogP contribution in [0, 0.1) is 0 Å². The van der Waals surface area contributed by atoms with E-state index in [1.54, 1.807) is 0 Å². The minimum absolute atomic E-state index is 0.598. The van der Waals surface area contributed by atoms with Crippen LogP contribution in [0.5, 0.6) is 0 Å². The lowest BCUT2D eigenvalue weighted by atomic mass is 10.2. The number of carbonyl (C=O) groups is 2. The first-order valence-electron chi connectivity index (χ1n) is 7.06. The van der Waals surface area contributed by atoms with E-state index in [0.717, 1.165) is 6.92 Å². The molecule has 29 heavy (non-hydrogen) atoms. The maximum Gasteiger partial charge on any atom is 0.466 e. The van der Waals surface area contributed by atoms with Gasteiger partial charge in [0.25, 0.3) is 0 Å². The molecule has 2 N–H and O–H groups in total. The van der Waals surface area contributed by atoms with Gasteiger partial charge in [-0.25, -0.2) is 4.79 Å². The Hall–Kier alpha value is -2.01. The van der Waals surface area contributed by atoms with Crippen LogP contribution in [0.2, 0.25) is 0 Å². The summed E-state index contributed by atoms with van der Waals surface area (Å²) in [6.07, 6.45) is -13.9. The van der Waals surface area contributed by atoms with E-state index in [1.165, 1.54) is 5.32 Å². The van der Waals surface area contributed by atoms with E-state index in [0.29, 0.717) is 0 Å². The molecular formula is C12H13F8NO7S. The summed E-state index contributed by atoms with van der Waals surface area (Å²) in [6.45, 7) is 0.603. The van der Waals surface area contributed by atoms with Crippen LogP contribution in [-0.2, 0) is 29.2 Å². The SMILES string of the molecule is C=C(C(=O)OC(OCCC(F)(F)S(=O)(=O)O)(C(=O)NCC)C(F)(F)F)C(F)(F)F. The molecule has 0 rings (SSSR count). The number of nitrogens with one attached hydrogen (secondary N) is 1. The molecule has 0 aliphatic heterocycles. The topological polar surface area (TPSA) is 119 Å². The summed E-state index contributed by atoms with van der Waals surface area (Å²) >= 11 is 0. The molecule has 1 amide bonds. The number of alkyl halides is 8. The Morgan fingerprint density at radius 2 is 1.55 bits per heavy atom. The maximum absolute atomic E-state index is 13.4. The first-order valence-corrected chi connectivity index (χ1v) is 8.50. The highest BCUT2D eigenvalue weighted by molar-refractivity contribution is 7.86. The second-order valence-electron chi connectivity index (χ2n) is 5.05. The summed E-state index contributed by atoms with van der Waals surface area (Å²) in [5.41, 5.74) is -2.48. The van der Waals surface area contributed by atoms with Crippen LogP contribution in [0.3, 0.4) is 0 Å². The summed E-state index contributed by atoms with van der Waals surface area (Å²) in [5, 5.41) is -3.62. The highest BCUT2D eigenvalue weighted by atomic mass is 32.2. The number of amides is 1. The predicted octanol–water partition coefficient (Wildman–Crippen LogP) is 1.93. The first-order chi connectivity index (χ1) is 12.7. The Kier molecular flexibility index (Phi) is 8.17. The molecule has 0 aromatic heterocycles. The van der Waals surface area contributed by atoms with Gasteiger partial charge in [-0.2, -0.15) is 43.5 Å². The van der Waals surface area contributed by atoms with Crippen molar-refractivity contribution in [2.24, 2.45) is 0 Å². The highest BCUT2D eigenvalue weighted by Gasteiger charge is 2.67. The number of halogens is 8. The van der Waals surface area contributed by atoms with E-state index in [2.05, 4.69) is 16.1 Å². The number of ether oxygens (including phenoxy) is 2. The fraction of sp³-hybridized carbons (Fsp3) is 0.667. The van der Waals surface area contributed by atoms with Gasteiger partial charge in [-0.1, -0.05) is 6.58 Å². The van der Waals surface area contributed by atoms with E-state index in [-0.39, 0.29) is 0 Å². The average molecular weight is 467 g/mol. The normalized spacial score (nSPS) is 15.4. The van der Waals surface area contributed by atoms with Gasteiger partial charge in [0.05, 0.1) is 13.0 Å². The highest BCUT2D eigenvalue weighted by Crippen LogP contribution is 2.38. The molecule has 17 heteroatoms. The molecule has 0 bridgehead atoms. The number of rotatable bonds is 9. The lowest BCUT2D eigenvalue weighted by Gasteiger charge is -2.33. The van der Waals surface area contributed by atoms with Crippen LogP contribution < -0.4 is 5.32 Å². The third kappa shape index (κ3) is 6.49. The van der Waals surface area contributed by atoms with Crippen LogP contribution in [0.15, 0.2) is 12.2 Å². The zero-order valence-electron chi connectivity index (χ0n) is 14.2. The van der Waals surface area contributed by atoms with Crippen molar-refractivity contribution in [3.8, 4) is 0 Å². The summed E-state index contributed by atoms with van der Waals surface area (Å²) in [5.74, 6) is -10.1. The minimum atomic E-state index is -6.11. The lowest BCUT2D eigenvalue weighted by molar-refractivity contribution is -0.348. The van der Waals surface area contributed by atoms with Crippen molar-refractivity contribution in [2.75, 3.05) is 13.2 Å². The molecule has 170 valence electrons. The Labute approximate surface area is 157 Å². The van der Waals surface area contributed by atoms with Crippen molar-refractivity contribution < 1.29 is 67.2 Å². The average Bonchev–Trinajstić information content (AvgIpc) is 2.49. The van der Waals surface area contributed by atoms with Crippen molar-refractivity contribution in [1.29, 1.82) is 0 Å². The van der Waals surface area contributed by atoms with Gasteiger partial charge < -0.3 is 14.8 Å². The van der Waals surface area contributed by atoms with Crippen LogP contribution in [-0.4, -0.2) is 61.4 Å². The second kappa shape index (κ2) is 8.78. The van der Waals surface area contributed by atoms with Crippen molar-refractivity contribution in [2.45, 2.75) is 36.7 Å². The quantitative estimate of drug-likeness (QED) is 0.175. The molecule has 0 radical (unpaired) electrons. The Morgan fingerprint density at radius 3 is 1.90 bits per heavy atom. The number of carbonyl (C=O) groups excluding carboxylic acids is 2. The van der Waals surface area contributed by atoms with E-state index in [4.69, 9.17) is 4.55 Å². The molecule has 0 fully saturated rings. The molecule has 0 saturated carbocycles. The molecule has 8 nitrogen and oxygen atoms in total. The molecule has 1 unspecified atom stereocenters. The Bertz CT molecular complexity index is 746. The van der Waals surface area contributed by atoms with Crippen LogP contribution in [0.25, 0.3) is 0 Å². The molecule has 1 atom stereocenters. The largest absolute Gasteiger partial charge is 0.466 e. The van der Waals surface area contributed by atoms with Crippen molar-refractivity contribution >= 4 is 22.0 Å². The second-order valence-corrected chi connectivity index (χ2v) is 6.60. The van der Waals surface area contributed by atoms with Gasteiger partial charge in [-0.3, -0.25) is 9.35 Å². The fourth-order valence-corrected chi connectivity index (χ4v) is 1.78. The van der Waals surface area contributed by atoms with Gasteiger partial charge in [0.1, 0.15) is 5.57 Å². The van der Waals surface area contributed by atoms with Gasteiger partial charge >= 0.3 is 45.4 Å². The summed E-state index contributed by atoms with van der Waals surface area (Å²) in [7, 11) is -6.11. The van der Waals surface area contributed by atoms with Crippen molar-refractivity contribution in [1.82, 2.24) is 5.32 Å². The van der Waals surface area contributed by atoms with Gasteiger partial charge in [0.15, 0.2) is 0 Å². The lowest BCUT2D eigenvalue weighted by Crippen LogP contribution is -2.62. The predicted molar refractivity (Wildman–Crippen MR) is 75.8 cm³/mol. The Balaban J connectivity index is 6.01. The van der Waals surface area contributed by atoms with Crippen LogP contribution >= 0.6 is 0 Å². The van der Waals surface area contributed by atoms with Crippen molar-refractivity contribution in [3.05, 3.63) is 12.2 Å². The fourth-order valence-electron chi connectivity index (χ4n) is 1.44. The molecule has 0 saturated heterocycles. The van der Waals surface area contributed by atoms with Crippen molar-refractivity contribution in [3.63, 3.8) is 0 Å². The van der Waals surface area contributed by atoms with Gasteiger partial charge in [0.2, 0.25) is 0 Å². The van der Waals surface area contributed by atoms with Gasteiger partial charge in [-0.05, 0) is 6.92 Å². The van der Waals surface area contributed by atoms with Gasteiger partial charge in [-0.15, -0.1) is 0 Å². The maximum atomic E-state index is 13.4. The number of hydrogen-bond acceptors (Lipinski definition) is 6. The van der Waals surface area contributed by atoms with Crippen LogP contribution in [0.1, 0.15) is 13.3 Å². The third-order valence-corrected chi connectivity index (χ3v) is 3.87. The smallest absolute Gasteiger partial charge is 0.412 e. The zero-order chi connectivity index (χ0) is 23.5. The summed E-state index contributed by atoms with van der Waals surface area (Å²) < 4.78 is 140. The minimum Gasteiger partial charge on any atom is -0.412 e. The van der Waals surface area contributed by atoms with E-state index in [1.807, 2.05) is 0 Å². The molecule has 0 heterocycles. The summed E-state index contributed by atoms with van der Waals surface area (Å²) in [6, 6.07) is 0. The number of esters is 1. The first kappa shape index (κ1) is 27.0. The van der Waals surface area contributed by atoms with Gasteiger partial charge in [0, 0.05) is 6.54 Å². The van der Waals surface area contributed by atoms with E-state index in [9.17, 15) is 53.1 Å². The zero-order valence-corrected chi connectivity index (χ0v) is 15.0. The summed E-state index contributed by atoms with van der Waals surface area (Å²) in [4.78, 5) is 23.2. The monoisotopic (exact) mass is 467 g/mol. The Morgan fingerprint density at radius 1 is 1.07 bits per heavy atom. The van der Waals surface area contributed by atoms with Crippen LogP contribution in [0.4, 0.5) is 35.1 Å². The molecule has 0 aliphatic rings. The third-order valence-electron chi connectivity index (χ3n) is 2.91. The van der Waals surface area contributed by atoms with E-state index >= 15 is 0 Å². The molecule has 0 spiro atoms. The van der Waals surface area contributed by atoms with E-state index < -0.39 is 70.5 Å². The number of likely N-dealkylation sites (N-methyl/N-ethyl adjacent to an activating group) is 1.